The molecule has 4 rings (SSSR count). The maximum atomic E-state index is 12.6. The number of hydrogen-bond donors (Lipinski definition) is 1. The van der Waals surface area contributed by atoms with E-state index in [-0.39, 0.29) is 18.2 Å². The Labute approximate surface area is 192 Å². The molecule has 0 saturated heterocycles. The monoisotopic (exact) mass is 451 g/mol. The van der Waals surface area contributed by atoms with Crippen LogP contribution in [0.15, 0.2) is 40.9 Å². The van der Waals surface area contributed by atoms with Crippen molar-refractivity contribution in [2.45, 2.75) is 58.6 Å². The van der Waals surface area contributed by atoms with Crippen LogP contribution >= 0.6 is 0 Å². The molecular formula is C25H29N3O5. The molecule has 33 heavy (non-hydrogen) atoms. The van der Waals surface area contributed by atoms with E-state index in [1.54, 1.807) is 39.8 Å². The van der Waals surface area contributed by atoms with Crippen LogP contribution in [-0.4, -0.2) is 40.1 Å². The molecule has 8 nitrogen and oxygen atoms in total. The van der Waals surface area contributed by atoms with Crippen LogP contribution in [0.1, 0.15) is 57.3 Å². The van der Waals surface area contributed by atoms with Gasteiger partial charge in [-0.2, -0.15) is 0 Å². The van der Waals surface area contributed by atoms with E-state index < -0.39 is 11.7 Å². The highest BCUT2D eigenvalue weighted by Gasteiger charge is 2.22. The molecular weight excluding hydrogens is 422 g/mol. The van der Waals surface area contributed by atoms with Crippen molar-refractivity contribution in [2.24, 2.45) is 5.92 Å². The number of nitrogens with one attached hydrogen (secondary N) is 1. The number of fused-ring (bicyclic) bond motifs is 1. The molecule has 2 aromatic heterocycles. The Bertz CT molecular complexity index is 1140. The van der Waals surface area contributed by atoms with Crippen LogP contribution in [0.5, 0.6) is 5.75 Å². The molecule has 1 fully saturated rings. The summed E-state index contributed by atoms with van der Waals surface area (Å²) in [6.45, 7) is 7.84. The molecule has 0 spiro atoms. The van der Waals surface area contributed by atoms with Crippen LogP contribution in [0.3, 0.4) is 0 Å². The Morgan fingerprint density at radius 3 is 2.67 bits per heavy atom. The molecule has 1 unspecified atom stereocenters. The van der Waals surface area contributed by atoms with E-state index in [0.29, 0.717) is 34.2 Å². The third-order valence-electron chi connectivity index (χ3n) is 5.10. The average Bonchev–Trinajstić information content (AvgIpc) is 3.47. The average molecular weight is 452 g/mol. The molecule has 174 valence electrons. The van der Waals surface area contributed by atoms with Crippen molar-refractivity contribution >= 4 is 23.0 Å². The second-order valence-electron chi connectivity index (χ2n) is 9.51. The van der Waals surface area contributed by atoms with Gasteiger partial charge >= 0.3 is 6.09 Å². The van der Waals surface area contributed by atoms with Gasteiger partial charge in [0.1, 0.15) is 22.6 Å². The topological polar surface area (TPSA) is 104 Å². The number of rotatable bonds is 8. The van der Waals surface area contributed by atoms with E-state index in [4.69, 9.17) is 13.9 Å². The van der Waals surface area contributed by atoms with E-state index >= 15 is 0 Å². The summed E-state index contributed by atoms with van der Waals surface area (Å²) in [5.41, 5.74) is 1.73. The van der Waals surface area contributed by atoms with Gasteiger partial charge in [0.05, 0.1) is 6.61 Å². The van der Waals surface area contributed by atoms with Gasteiger partial charge < -0.3 is 19.2 Å². The highest BCUT2D eigenvalue weighted by molar-refractivity contribution is 5.96. The summed E-state index contributed by atoms with van der Waals surface area (Å²) in [5.74, 6) is 1.68. The minimum absolute atomic E-state index is 0.132. The zero-order valence-corrected chi connectivity index (χ0v) is 19.4. The SMILES string of the molecule is CC(CC(=O)c1ccc(-c2nc3ccc(OCC4CC4)cc3o2)nc1)NC(=O)OC(C)(C)C. The smallest absolute Gasteiger partial charge is 0.407 e. The Kier molecular flexibility index (Phi) is 6.35. The summed E-state index contributed by atoms with van der Waals surface area (Å²) in [6, 6.07) is 8.60. The summed E-state index contributed by atoms with van der Waals surface area (Å²) in [7, 11) is 0. The summed E-state index contributed by atoms with van der Waals surface area (Å²) in [6.07, 6.45) is 3.55. The number of carbonyl (C=O) groups excluding carboxylic acids is 2. The molecule has 1 atom stereocenters. The number of ketones is 1. The van der Waals surface area contributed by atoms with Gasteiger partial charge in [-0.3, -0.25) is 9.78 Å². The van der Waals surface area contributed by atoms with Gasteiger partial charge in [0.2, 0.25) is 5.89 Å². The quantitative estimate of drug-likeness (QED) is 0.472. The third-order valence-corrected chi connectivity index (χ3v) is 5.10. The first-order valence-electron chi connectivity index (χ1n) is 11.2. The van der Waals surface area contributed by atoms with Crippen molar-refractivity contribution < 1.29 is 23.5 Å². The van der Waals surface area contributed by atoms with Crippen molar-refractivity contribution in [1.29, 1.82) is 0 Å². The first-order valence-corrected chi connectivity index (χ1v) is 11.2. The first-order chi connectivity index (χ1) is 15.7. The number of amides is 1. The molecule has 3 aromatic rings. The van der Waals surface area contributed by atoms with Gasteiger partial charge in [-0.15, -0.1) is 0 Å². The Hall–Kier alpha value is -3.42. The number of Topliss-reactive ketones (excluding diaryl/α,β-unsaturated/α-hetero) is 1. The van der Waals surface area contributed by atoms with Crippen LogP contribution in [0, 0.1) is 5.92 Å². The fourth-order valence-electron chi connectivity index (χ4n) is 3.24. The third kappa shape index (κ3) is 6.31. The normalized spacial score (nSPS) is 14.7. The molecule has 0 radical (unpaired) electrons. The number of aromatic nitrogens is 2. The number of hydrogen-bond acceptors (Lipinski definition) is 7. The number of oxazole rings is 1. The lowest BCUT2D eigenvalue weighted by Gasteiger charge is -2.21. The van der Waals surface area contributed by atoms with Crippen molar-refractivity contribution in [1.82, 2.24) is 15.3 Å². The molecule has 1 aliphatic carbocycles. The molecule has 2 heterocycles. The fraction of sp³-hybridized carbons (Fsp3) is 0.440. The first kappa shape index (κ1) is 22.8. The number of nitrogens with zero attached hydrogens (tertiary/aromatic N) is 2. The Balaban J connectivity index is 1.37. The van der Waals surface area contributed by atoms with Crippen LogP contribution in [-0.2, 0) is 4.74 Å². The largest absolute Gasteiger partial charge is 0.493 e. The molecule has 8 heteroatoms. The van der Waals surface area contributed by atoms with Gasteiger partial charge in [-0.25, -0.2) is 9.78 Å². The lowest BCUT2D eigenvalue weighted by molar-refractivity contribution is 0.0506. The molecule has 1 amide bonds. The molecule has 1 aromatic carbocycles. The van der Waals surface area contributed by atoms with Crippen molar-refractivity contribution in [3.05, 3.63) is 42.1 Å². The highest BCUT2D eigenvalue weighted by atomic mass is 16.6. The lowest BCUT2D eigenvalue weighted by atomic mass is 10.1. The van der Waals surface area contributed by atoms with E-state index in [2.05, 4.69) is 15.3 Å². The molecule has 0 aliphatic heterocycles. The number of alkyl carbamates (subject to hydrolysis) is 1. The summed E-state index contributed by atoms with van der Waals surface area (Å²) in [4.78, 5) is 33.3. The van der Waals surface area contributed by atoms with Crippen LogP contribution in [0.25, 0.3) is 22.7 Å². The van der Waals surface area contributed by atoms with E-state index in [1.807, 2.05) is 18.2 Å². The van der Waals surface area contributed by atoms with Gasteiger partial charge in [-0.05, 0) is 70.7 Å². The maximum Gasteiger partial charge on any atom is 0.407 e. The lowest BCUT2D eigenvalue weighted by Crippen LogP contribution is -2.38. The minimum Gasteiger partial charge on any atom is -0.493 e. The standard InChI is InChI=1S/C25H29N3O5/c1-15(27-24(30)33-25(2,3)4)11-21(29)17-7-9-20(26-13-17)23-28-19-10-8-18(12-22(19)32-23)31-14-16-5-6-16/h7-10,12-13,15-16H,5-6,11,14H2,1-4H3,(H,27,30). The molecule has 0 bridgehead atoms. The van der Waals surface area contributed by atoms with Crippen molar-refractivity contribution in [3.8, 4) is 17.3 Å². The highest BCUT2D eigenvalue weighted by Crippen LogP contribution is 2.31. The Morgan fingerprint density at radius 2 is 2.00 bits per heavy atom. The minimum atomic E-state index is -0.594. The van der Waals surface area contributed by atoms with Crippen molar-refractivity contribution in [2.75, 3.05) is 6.61 Å². The van der Waals surface area contributed by atoms with Crippen molar-refractivity contribution in [3.63, 3.8) is 0 Å². The zero-order chi connectivity index (χ0) is 23.6. The van der Waals surface area contributed by atoms with E-state index in [9.17, 15) is 9.59 Å². The maximum absolute atomic E-state index is 12.6. The Morgan fingerprint density at radius 1 is 1.21 bits per heavy atom. The second-order valence-corrected chi connectivity index (χ2v) is 9.51. The molecule has 1 N–H and O–H groups in total. The van der Waals surface area contributed by atoms with Gasteiger partial charge in [0, 0.05) is 30.3 Å². The molecule has 1 aliphatic rings. The van der Waals surface area contributed by atoms with Gasteiger partial charge in [0.15, 0.2) is 11.4 Å². The fourth-order valence-corrected chi connectivity index (χ4v) is 3.24. The van der Waals surface area contributed by atoms with Gasteiger partial charge in [0.25, 0.3) is 0 Å². The molecule has 1 saturated carbocycles. The number of benzene rings is 1. The predicted molar refractivity (Wildman–Crippen MR) is 123 cm³/mol. The predicted octanol–water partition coefficient (Wildman–Crippen LogP) is 5.16. The van der Waals surface area contributed by atoms with E-state index in [1.165, 1.54) is 19.0 Å². The van der Waals surface area contributed by atoms with Crippen LogP contribution in [0.4, 0.5) is 4.79 Å². The second kappa shape index (κ2) is 9.21. The number of carbonyl (C=O) groups is 2. The number of pyridine rings is 1. The van der Waals surface area contributed by atoms with E-state index in [0.717, 1.165) is 12.4 Å². The zero-order valence-electron chi connectivity index (χ0n) is 19.4. The van der Waals surface area contributed by atoms with Crippen LogP contribution < -0.4 is 10.1 Å². The number of ether oxygens (including phenoxy) is 2. The summed E-state index contributed by atoms with van der Waals surface area (Å²) < 4.78 is 16.9. The van der Waals surface area contributed by atoms with Gasteiger partial charge in [-0.1, -0.05) is 0 Å². The van der Waals surface area contributed by atoms with Crippen LogP contribution in [0.2, 0.25) is 0 Å². The summed E-state index contributed by atoms with van der Waals surface area (Å²) >= 11 is 0. The summed E-state index contributed by atoms with van der Waals surface area (Å²) in [5, 5.41) is 2.67.